The van der Waals surface area contributed by atoms with Gasteiger partial charge in [-0.3, -0.25) is 0 Å². The molecule has 1 aromatic heterocycles. The van der Waals surface area contributed by atoms with Gasteiger partial charge in [0.1, 0.15) is 5.75 Å². The number of halogens is 3. The number of fused-ring (bicyclic) bond motifs is 1. The molecule has 2 aromatic carbocycles. The van der Waals surface area contributed by atoms with Gasteiger partial charge in [0.25, 0.3) is 0 Å². The maximum absolute atomic E-state index is 12.3. The Morgan fingerprint density at radius 2 is 1.19 bits per heavy atom. The molecule has 0 atom stereocenters. The highest BCUT2D eigenvalue weighted by molar-refractivity contribution is 7.88. The van der Waals surface area contributed by atoms with Gasteiger partial charge in [0.2, 0.25) is 0 Å². The van der Waals surface area contributed by atoms with Gasteiger partial charge >= 0.3 is 29.6 Å². The molecule has 14 heteroatoms. The lowest BCUT2D eigenvalue weighted by Crippen LogP contribution is -2.41. The Balaban J connectivity index is 0.000000201. The van der Waals surface area contributed by atoms with Crippen LogP contribution in [0.25, 0.3) is 21.2 Å². The summed E-state index contributed by atoms with van der Waals surface area (Å²) in [6.07, 6.45) is 0. The Morgan fingerprint density at radius 1 is 0.738 bits per heavy atom. The molecule has 7 nitrogen and oxygen atoms in total. The Bertz CT molecular complexity index is 1480. The summed E-state index contributed by atoms with van der Waals surface area (Å²) in [5.41, 5.74) is -4.08. The molecule has 0 saturated carbocycles. The van der Waals surface area contributed by atoms with E-state index in [1.807, 2.05) is 85.9 Å². The zero-order chi connectivity index (χ0) is 31.5. The summed E-state index contributed by atoms with van der Waals surface area (Å²) in [6, 6.07) is 11.3. The second kappa shape index (κ2) is 10.8. The fraction of sp³-hybridized carbons (Fsp3) is 0.500. The first-order chi connectivity index (χ1) is 19.1. The minimum atomic E-state index is -5.66. The van der Waals surface area contributed by atoms with Crippen LogP contribution in [-0.2, 0) is 28.7 Å². The Morgan fingerprint density at radius 3 is 1.62 bits per heavy atom. The summed E-state index contributed by atoms with van der Waals surface area (Å²) in [4.78, 5) is 0. The number of thiophene rings is 1. The van der Waals surface area contributed by atoms with Crippen LogP contribution in [0.1, 0.15) is 61.0 Å². The molecule has 2 saturated heterocycles. The first kappa shape index (κ1) is 32.8. The second-order valence-electron chi connectivity index (χ2n) is 12.4. The molecule has 2 fully saturated rings. The Labute approximate surface area is 250 Å². The smallest absolute Gasteiger partial charge is 0.405 e. The maximum atomic E-state index is 12.3. The average molecular weight is 626 g/mol. The molecule has 3 heterocycles. The normalized spacial score (nSPS) is 20.9. The van der Waals surface area contributed by atoms with E-state index in [-0.39, 0.29) is 28.2 Å². The van der Waals surface area contributed by atoms with Gasteiger partial charge in [-0.05, 0) is 103 Å². The minimum Gasteiger partial charge on any atom is -0.405 e. The standard InChI is InChI=1S/C16H11F3O3S2.C12H24B2O4/c1-10-2-7-13(14-8-9-23-15(10)14)11-3-5-12(6-4-11)22-24(20,21)16(17,18)19;1-9(2)10(3,4)16-13(15-9)14-17-11(5,6)12(7,8)18-14/h2-9H,1H3;1-8H3. The maximum Gasteiger partial charge on any atom is 0.534 e. The van der Waals surface area contributed by atoms with Gasteiger partial charge in [0.05, 0.1) is 22.4 Å². The van der Waals surface area contributed by atoms with Gasteiger partial charge in [-0.2, -0.15) is 21.6 Å². The van der Waals surface area contributed by atoms with Crippen LogP contribution in [0.3, 0.4) is 0 Å². The third kappa shape index (κ3) is 6.25. The van der Waals surface area contributed by atoms with Crippen molar-refractivity contribution >= 4 is 45.6 Å². The van der Waals surface area contributed by atoms with E-state index in [1.54, 1.807) is 11.3 Å². The summed E-state index contributed by atoms with van der Waals surface area (Å²) in [7, 11) is -6.61. The van der Waals surface area contributed by atoms with Crippen molar-refractivity contribution in [3.05, 3.63) is 53.4 Å². The second-order valence-corrected chi connectivity index (χ2v) is 14.8. The van der Waals surface area contributed by atoms with Gasteiger partial charge in [-0.1, -0.05) is 24.3 Å². The third-order valence-corrected chi connectivity index (χ3v) is 10.3. The molecule has 228 valence electrons. The number of hydrogen-bond donors (Lipinski definition) is 0. The van der Waals surface area contributed by atoms with Crippen LogP contribution in [0.2, 0.25) is 0 Å². The lowest BCUT2D eigenvalue weighted by molar-refractivity contribution is -0.0500. The van der Waals surface area contributed by atoms with E-state index >= 15 is 0 Å². The van der Waals surface area contributed by atoms with Crippen molar-refractivity contribution in [1.82, 2.24) is 0 Å². The molecular formula is C28H35B2F3O7S2. The van der Waals surface area contributed by atoms with Gasteiger partial charge in [-0.15, -0.1) is 11.3 Å². The molecule has 2 aliphatic rings. The first-order valence-corrected chi connectivity index (χ1v) is 15.6. The average Bonchev–Trinajstić information content (AvgIpc) is 3.47. The highest BCUT2D eigenvalue weighted by Gasteiger charge is 2.63. The lowest BCUT2D eigenvalue weighted by atomic mass is 9.49. The Kier molecular flexibility index (Phi) is 8.45. The van der Waals surface area contributed by atoms with Crippen molar-refractivity contribution < 1.29 is 44.4 Å². The van der Waals surface area contributed by atoms with Gasteiger partial charge < -0.3 is 22.8 Å². The van der Waals surface area contributed by atoms with E-state index in [0.29, 0.717) is 0 Å². The Hall–Kier alpha value is -2.09. The first-order valence-electron chi connectivity index (χ1n) is 13.4. The molecule has 3 aromatic rings. The van der Waals surface area contributed by atoms with E-state index in [0.717, 1.165) is 26.8 Å². The van der Waals surface area contributed by atoms with E-state index in [1.165, 1.54) is 24.3 Å². The molecule has 0 unspecified atom stereocenters. The van der Waals surface area contributed by atoms with Crippen LogP contribution in [-0.4, -0.2) is 50.3 Å². The zero-order valence-corrected chi connectivity index (χ0v) is 26.7. The molecule has 0 bridgehead atoms. The quantitative estimate of drug-likeness (QED) is 0.170. The minimum absolute atomic E-state index is 0.360. The molecule has 0 aliphatic carbocycles. The summed E-state index contributed by atoms with van der Waals surface area (Å²) >= 11 is 1.61. The number of aryl methyl sites for hydroxylation is 1. The molecule has 0 spiro atoms. The highest BCUT2D eigenvalue weighted by Crippen LogP contribution is 2.43. The zero-order valence-electron chi connectivity index (χ0n) is 25.1. The number of alkyl halides is 3. The van der Waals surface area contributed by atoms with Crippen molar-refractivity contribution in [3.8, 4) is 16.9 Å². The van der Waals surface area contributed by atoms with E-state index < -0.39 is 29.6 Å². The summed E-state index contributed by atoms with van der Waals surface area (Å²) in [6.45, 7) is 18.2. The fourth-order valence-corrected chi connectivity index (χ4v) is 5.67. The molecule has 5 rings (SSSR count). The van der Waals surface area contributed by atoms with Crippen LogP contribution in [0.15, 0.2) is 47.8 Å². The molecule has 0 radical (unpaired) electrons. The van der Waals surface area contributed by atoms with Crippen LogP contribution in [0.5, 0.6) is 5.75 Å². The van der Waals surface area contributed by atoms with Crippen molar-refractivity contribution in [1.29, 1.82) is 0 Å². The summed E-state index contributed by atoms with van der Waals surface area (Å²) < 4.78 is 88.1. The number of rotatable bonds is 4. The SMILES string of the molecule is CC1(C)OB(B2OC(C)(C)C(C)(C)O2)OC1(C)C.Cc1ccc(-c2ccc(OS(=O)(=O)C(F)(F)F)cc2)c2ccsc12. The topological polar surface area (TPSA) is 80.3 Å². The van der Waals surface area contributed by atoms with Crippen LogP contribution in [0.4, 0.5) is 13.2 Å². The predicted octanol–water partition coefficient (Wildman–Crippen LogP) is 7.35. The van der Waals surface area contributed by atoms with Gasteiger partial charge in [0, 0.05) is 10.1 Å². The fourth-order valence-electron chi connectivity index (χ4n) is 4.32. The van der Waals surface area contributed by atoms with Crippen LogP contribution < -0.4 is 4.18 Å². The van der Waals surface area contributed by atoms with E-state index in [4.69, 9.17) is 18.6 Å². The van der Waals surface area contributed by atoms with Crippen molar-refractivity contribution in [2.24, 2.45) is 0 Å². The molecule has 0 amide bonds. The molecule has 0 N–H and O–H groups in total. The van der Waals surface area contributed by atoms with E-state index in [9.17, 15) is 21.6 Å². The number of hydrogen-bond acceptors (Lipinski definition) is 8. The predicted molar refractivity (Wildman–Crippen MR) is 160 cm³/mol. The summed E-state index contributed by atoms with van der Waals surface area (Å²) in [5, 5.41) is 3.01. The molecular weight excluding hydrogens is 591 g/mol. The third-order valence-electron chi connectivity index (χ3n) is 8.23. The van der Waals surface area contributed by atoms with Crippen LogP contribution >= 0.6 is 11.3 Å². The largest absolute Gasteiger partial charge is 0.534 e. The van der Waals surface area contributed by atoms with E-state index in [2.05, 4.69) is 4.18 Å². The summed E-state index contributed by atoms with van der Waals surface area (Å²) in [5.74, 6) is -0.384. The molecule has 42 heavy (non-hydrogen) atoms. The van der Waals surface area contributed by atoms with Crippen molar-refractivity contribution in [2.75, 3.05) is 0 Å². The monoisotopic (exact) mass is 626 g/mol. The van der Waals surface area contributed by atoms with Crippen molar-refractivity contribution in [2.45, 2.75) is 90.2 Å². The van der Waals surface area contributed by atoms with Crippen LogP contribution in [0, 0.1) is 6.92 Å². The van der Waals surface area contributed by atoms with Gasteiger partial charge in [-0.25, -0.2) is 0 Å². The highest BCUT2D eigenvalue weighted by atomic mass is 32.2. The molecule has 2 aliphatic heterocycles. The van der Waals surface area contributed by atoms with Gasteiger partial charge in [0.15, 0.2) is 0 Å². The lowest BCUT2D eigenvalue weighted by Gasteiger charge is -2.32. The number of benzene rings is 2. The van der Waals surface area contributed by atoms with Crippen molar-refractivity contribution in [3.63, 3.8) is 0 Å².